The number of hydrogen-bond donors (Lipinski definition) is 0. The highest BCUT2D eigenvalue weighted by Crippen LogP contribution is 2.34. The average molecular weight is 222 g/mol. The lowest BCUT2D eigenvalue weighted by atomic mass is 9.89. The minimum atomic E-state index is -1.38. The first-order valence-corrected chi connectivity index (χ1v) is 5.50. The van der Waals surface area contributed by atoms with Gasteiger partial charge in [0.05, 0.1) is 6.61 Å². The maximum absolute atomic E-state index is 14.4. The van der Waals surface area contributed by atoms with Crippen molar-refractivity contribution in [3.05, 3.63) is 35.4 Å². The van der Waals surface area contributed by atoms with E-state index in [9.17, 15) is 9.18 Å². The molecule has 0 N–H and O–H groups in total. The summed E-state index contributed by atoms with van der Waals surface area (Å²) in [7, 11) is 0. The molecule has 0 aliphatic carbocycles. The quantitative estimate of drug-likeness (QED) is 0.719. The number of carbonyl (C=O) groups is 1. The van der Waals surface area contributed by atoms with Gasteiger partial charge < -0.3 is 4.74 Å². The van der Waals surface area contributed by atoms with Gasteiger partial charge in [-0.2, -0.15) is 0 Å². The van der Waals surface area contributed by atoms with Crippen molar-refractivity contribution in [2.75, 3.05) is 13.2 Å². The second-order valence-corrected chi connectivity index (χ2v) is 4.25. The van der Waals surface area contributed by atoms with Crippen LogP contribution in [-0.4, -0.2) is 19.0 Å². The van der Waals surface area contributed by atoms with E-state index in [1.165, 1.54) is 6.92 Å². The van der Waals surface area contributed by atoms with Crippen LogP contribution in [0.1, 0.15) is 35.7 Å². The lowest BCUT2D eigenvalue weighted by Gasteiger charge is -2.29. The summed E-state index contributed by atoms with van der Waals surface area (Å²) in [5.41, 5.74) is -0.158. The van der Waals surface area contributed by atoms with Crippen molar-refractivity contribution in [1.29, 1.82) is 0 Å². The van der Waals surface area contributed by atoms with Gasteiger partial charge in [-0.05, 0) is 25.3 Å². The second kappa shape index (κ2) is 4.34. The van der Waals surface area contributed by atoms with Crippen molar-refractivity contribution >= 4 is 5.78 Å². The van der Waals surface area contributed by atoms with Crippen LogP contribution in [-0.2, 0) is 10.4 Å². The highest BCUT2D eigenvalue weighted by atomic mass is 19.1. The number of hydrogen-bond acceptors (Lipinski definition) is 2. The molecule has 86 valence electrons. The zero-order valence-electron chi connectivity index (χ0n) is 9.33. The normalized spacial score (nSPS) is 25.4. The topological polar surface area (TPSA) is 26.3 Å². The Bertz CT molecular complexity index is 377. The summed E-state index contributed by atoms with van der Waals surface area (Å²) in [6.45, 7) is 2.26. The predicted octanol–water partition coefficient (Wildman–Crippen LogP) is 2.86. The first kappa shape index (κ1) is 11.3. The first-order valence-electron chi connectivity index (χ1n) is 5.50. The minimum absolute atomic E-state index is 0.000600. The van der Waals surface area contributed by atoms with Crippen molar-refractivity contribution in [3.8, 4) is 0 Å². The number of ketones is 1. The lowest BCUT2D eigenvalue weighted by Crippen LogP contribution is -2.31. The molecule has 1 saturated heterocycles. The standard InChI is InChI=1S/C13H15FO2/c1-10(15)11-3-5-12(6-4-11)13(14)7-2-8-16-9-13/h3-6H,2,7-9H2,1H3. The van der Waals surface area contributed by atoms with Crippen molar-refractivity contribution in [3.63, 3.8) is 0 Å². The van der Waals surface area contributed by atoms with Crippen LogP contribution in [0.3, 0.4) is 0 Å². The van der Waals surface area contributed by atoms with E-state index in [4.69, 9.17) is 4.74 Å². The van der Waals surface area contributed by atoms with Gasteiger partial charge in [-0.3, -0.25) is 4.79 Å². The largest absolute Gasteiger partial charge is 0.378 e. The molecule has 1 aromatic carbocycles. The van der Waals surface area contributed by atoms with Gasteiger partial charge in [0.2, 0.25) is 0 Å². The summed E-state index contributed by atoms with van der Waals surface area (Å²) in [4.78, 5) is 11.1. The van der Waals surface area contributed by atoms with Crippen LogP contribution in [0.2, 0.25) is 0 Å². The number of rotatable bonds is 2. The van der Waals surface area contributed by atoms with Crippen LogP contribution in [0.25, 0.3) is 0 Å². The third kappa shape index (κ3) is 2.14. The van der Waals surface area contributed by atoms with Gasteiger partial charge in [-0.25, -0.2) is 4.39 Å². The predicted molar refractivity (Wildman–Crippen MR) is 59.3 cm³/mol. The zero-order valence-corrected chi connectivity index (χ0v) is 9.33. The summed E-state index contributed by atoms with van der Waals surface area (Å²) >= 11 is 0. The SMILES string of the molecule is CC(=O)c1ccc(C2(F)CCCOC2)cc1. The van der Waals surface area contributed by atoms with Gasteiger partial charge in [-0.15, -0.1) is 0 Å². The minimum Gasteiger partial charge on any atom is -0.378 e. The van der Waals surface area contributed by atoms with Crippen LogP contribution >= 0.6 is 0 Å². The molecule has 0 bridgehead atoms. The number of ether oxygens (including phenoxy) is 1. The molecule has 0 saturated carbocycles. The summed E-state index contributed by atoms with van der Waals surface area (Å²) in [6, 6.07) is 6.72. The molecule has 16 heavy (non-hydrogen) atoms. The van der Waals surface area contributed by atoms with Crippen LogP contribution in [0.5, 0.6) is 0 Å². The third-order valence-corrected chi connectivity index (χ3v) is 3.00. The zero-order chi connectivity index (χ0) is 11.6. The molecule has 3 heteroatoms. The second-order valence-electron chi connectivity index (χ2n) is 4.25. The van der Waals surface area contributed by atoms with Gasteiger partial charge in [0.25, 0.3) is 0 Å². The van der Waals surface area contributed by atoms with Crippen LogP contribution in [0.4, 0.5) is 4.39 Å². The Hall–Kier alpha value is -1.22. The fraction of sp³-hybridized carbons (Fsp3) is 0.462. The van der Waals surface area contributed by atoms with Crippen molar-refractivity contribution < 1.29 is 13.9 Å². The average Bonchev–Trinajstić information content (AvgIpc) is 2.30. The van der Waals surface area contributed by atoms with Gasteiger partial charge >= 0.3 is 0 Å². The van der Waals surface area contributed by atoms with E-state index in [1.807, 2.05) is 0 Å². The van der Waals surface area contributed by atoms with Crippen molar-refractivity contribution in [1.82, 2.24) is 0 Å². The molecule has 2 rings (SSSR count). The molecule has 0 aromatic heterocycles. The molecule has 2 nitrogen and oxygen atoms in total. The molecular weight excluding hydrogens is 207 g/mol. The summed E-state index contributed by atoms with van der Waals surface area (Å²) in [5.74, 6) is -0.000600. The third-order valence-electron chi connectivity index (χ3n) is 3.00. The Balaban J connectivity index is 2.23. The van der Waals surface area contributed by atoms with Crippen LogP contribution in [0.15, 0.2) is 24.3 Å². The highest BCUT2D eigenvalue weighted by molar-refractivity contribution is 5.94. The fourth-order valence-electron chi connectivity index (χ4n) is 1.99. The molecule has 0 radical (unpaired) electrons. The maximum Gasteiger partial charge on any atom is 0.159 e. The Labute approximate surface area is 94.4 Å². The fourth-order valence-corrected chi connectivity index (χ4v) is 1.99. The summed E-state index contributed by atoms with van der Waals surface area (Å²) in [6.07, 6.45) is 1.23. The van der Waals surface area contributed by atoms with Crippen molar-refractivity contribution in [2.24, 2.45) is 0 Å². The van der Waals surface area contributed by atoms with E-state index < -0.39 is 5.67 Å². The van der Waals surface area contributed by atoms with E-state index in [0.29, 0.717) is 24.2 Å². The molecule has 1 aliphatic rings. The Morgan fingerprint density at radius 1 is 1.38 bits per heavy atom. The smallest absolute Gasteiger partial charge is 0.159 e. The molecule has 1 aliphatic heterocycles. The Morgan fingerprint density at radius 2 is 2.06 bits per heavy atom. The van der Waals surface area contributed by atoms with Crippen LogP contribution in [0, 0.1) is 0 Å². The molecule has 0 amide bonds. The maximum atomic E-state index is 14.4. The molecule has 1 atom stereocenters. The monoisotopic (exact) mass is 222 g/mol. The van der Waals surface area contributed by atoms with Gasteiger partial charge in [0.1, 0.15) is 0 Å². The number of benzene rings is 1. The number of alkyl halides is 1. The van der Waals surface area contributed by atoms with E-state index in [2.05, 4.69) is 0 Å². The molecular formula is C13H15FO2. The molecule has 1 aromatic rings. The highest BCUT2D eigenvalue weighted by Gasteiger charge is 2.34. The Morgan fingerprint density at radius 3 is 2.56 bits per heavy atom. The molecule has 1 fully saturated rings. The summed E-state index contributed by atoms with van der Waals surface area (Å²) < 4.78 is 19.6. The number of carbonyl (C=O) groups excluding carboxylic acids is 1. The lowest BCUT2D eigenvalue weighted by molar-refractivity contribution is -0.0347. The number of halogens is 1. The van der Waals surface area contributed by atoms with Gasteiger partial charge in [-0.1, -0.05) is 24.3 Å². The Kier molecular flexibility index (Phi) is 3.06. The van der Waals surface area contributed by atoms with E-state index in [0.717, 1.165) is 6.42 Å². The number of Topliss-reactive ketones (excluding diaryl/α,β-unsaturated/α-hetero) is 1. The van der Waals surface area contributed by atoms with E-state index >= 15 is 0 Å². The van der Waals surface area contributed by atoms with E-state index in [1.54, 1.807) is 24.3 Å². The molecule has 1 heterocycles. The van der Waals surface area contributed by atoms with Gasteiger partial charge in [0.15, 0.2) is 11.5 Å². The van der Waals surface area contributed by atoms with Crippen LogP contribution < -0.4 is 0 Å². The molecule has 1 unspecified atom stereocenters. The molecule has 0 spiro atoms. The van der Waals surface area contributed by atoms with Crippen molar-refractivity contribution in [2.45, 2.75) is 25.4 Å². The van der Waals surface area contributed by atoms with E-state index in [-0.39, 0.29) is 12.4 Å². The van der Waals surface area contributed by atoms with Gasteiger partial charge in [0, 0.05) is 12.2 Å². The summed E-state index contributed by atoms with van der Waals surface area (Å²) in [5, 5.41) is 0. The first-order chi connectivity index (χ1) is 7.62.